The Kier molecular flexibility index (Phi) is 5.45. The van der Waals surface area contributed by atoms with Crippen molar-refractivity contribution in [2.75, 3.05) is 0 Å². The molecule has 0 aliphatic heterocycles. The van der Waals surface area contributed by atoms with Crippen LogP contribution in [0.2, 0.25) is 0 Å². The van der Waals surface area contributed by atoms with E-state index in [9.17, 15) is 0 Å². The van der Waals surface area contributed by atoms with E-state index in [0.29, 0.717) is 5.82 Å². The standard InChI is InChI=1S/C35H23N3/c1-3-10-24(11-4-1)28-20-29(27-15-9-19-36-23-27)22-30(21-28)35-37-32-18-17-25-12-7-8-16-31(25)33(32)34(38-35)26-13-5-2-6-14-26/h1-23H. The Labute approximate surface area is 221 Å². The van der Waals surface area contributed by atoms with Gasteiger partial charge in [0.05, 0.1) is 11.2 Å². The quantitative estimate of drug-likeness (QED) is 0.234. The first-order valence-electron chi connectivity index (χ1n) is 12.7. The lowest BCUT2D eigenvalue weighted by Crippen LogP contribution is -1.97. The van der Waals surface area contributed by atoms with Crippen molar-refractivity contribution in [3.63, 3.8) is 0 Å². The summed E-state index contributed by atoms with van der Waals surface area (Å²) in [4.78, 5) is 14.7. The van der Waals surface area contributed by atoms with E-state index >= 15 is 0 Å². The molecular formula is C35H23N3. The molecule has 2 aromatic heterocycles. The lowest BCUT2D eigenvalue weighted by atomic mass is 9.96. The van der Waals surface area contributed by atoms with Crippen molar-refractivity contribution in [1.29, 1.82) is 0 Å². The minimum atomic E-state index is 0.703. The van der Waals surface area contributed by atoms with Gasteiger partial charge in [-0.05, 0) is 57.8 Å². The Morgan fingerprint density at radius 1 is 0.447 bits per heavy atom. The van der Waals surface area contributed by atoms with E-state index < -0.39 is 0 Å². The van der Waals surface area contributed by atoms with Gasteiger partial charge < -0.3 is 0 Å². The van der Waals surface area contributed by atoms with Crippen LogP contribution in [0.15, 0.2) is 140 Å². The summed E-state index contributed by atoms with van der Waals surface area (Å²) in [6.07, 6.45) is 3.70. The molecule has 3 heteroatoms. The van der Waals surface area contributed by atoms with Gasteiger partial charge in [0, 0.05) is 34.5 Å². The topological polar surface area (TPSA) is 38.7 Å². The Hall–Kier alpha value is -5.15. The highest BCUT2D eigenvalue weighted by molar-refractivity contribution is 6.12. The van der Waals surface area contributed by atoms with Crippen LogP contribution in [0.1, 0.15) is 0 Å². The van der Waals surface area contributed by atoms with Crippen molar-refractivity contribution >= 4 is 21.7 Å². The van der Waals surface area contributed by atoms with Crippen molar-refractivity contribution in [2.45, 2.75) is 0 Å². The van der Waals surface area contributed by atoms with Gasteiger partial charge in [-0.1, -0.05) is 97.1 Å². The van der Waals surface area contributed by atoms with Gasteiger partial charge in [-0.15, -0.1) is 0 Å². The average Bonchev–Trinajstić information content (AvgIpc) is 3.01. The largest absolute Gasteiger partial charge is 0.264 e. The molecule has 0 radical (unpaired) electrons. The van der Waals surface area contributed by atoms with Gasteiger partial charge in [0.15, 0.2) is 5.82 Å². The maximum Gasteiger partial charge on any atom is 0.160 e. The summed E-state index contributed by atoms with van der Waals surface area (Å²) in [5, 5.41) is 3.41. The SMILES string of the molecule is c1ccc(-c2cc(-c3cccnc3)cc(-c3nc(-c4ccccc4)c4c(ccc5ccccc54)n3)c2)cc1. The molecule has 2 heterocycles. The second-order valence-corrected chi connectivity index (χ2v) is 9.35. The molecule has 0 bridgehead atoms. The minimum Gasteiger partial charge on any atom is -0.264 e. The third kappa shape index (κ3) is 4.00. The number of hydrogen-bond donors (Lipinski definition) is 0. The van der Waals surface area contributed by atoms with Crippen molar-refractivity contribution in [1.82, 2.24) is 15.0 Å². The molecule has 0 unspecified atom stereocenters. The van der Waals surface area contributed by atoms with Crippen LogP contribution < -0.4 is 0 Å². The number of benzene rings is 5. The zero-order chi connectivity index (χ0) is 25.3. The predicted octanol–water partition coefficient (Wildman–Crippen LogP) is 8.85. The van der Waals surface area contributed by atoms with Crippen LogP contribution in [0.5, 0.6) is 0 Å². The van der Waals surface area contributed by atoms with E-state index in [1.807, 2.05) is 24.4 Å². The lowest BCUT2D eigenvalue weighted by molar-refractivity contribution is 1.23. The number of nitrogens with zero attached hydrogens (tertiary/aromatic N) is 3. The van der Waals surface area contributed by atoms with E-state index in [1.54, 1.807) is 6.20 Å². The van der Waals surface area contributed by atoms with E-state index in [4.69, 9.17) is 9.97 Å². The van der Waals surface area contributed by atoms with E-state index in [1.165, 1.54) is 5.39 Å². The molecule has 178 valence electrons. The first-order valence-corrected chi connectivity index (χ1v) is 12.7. The molecule has 0 atom stereocenters. The molecule has 5 aromatic carbocycles. The third-order valence-electron chi connectivity index (χ3n) is 6.93. The fourth-order valence-corrected chi connectivity index (χ4v) is 5.09. The number of fused-ring (bicyclic) bond motifs is 3. The molecular weight excluding hydrogens is 462 g/mol. The third-order valence-corrected chi connectivity index (χ3v) is 6.93. The van der Waals surface area contributed by atoms with Crippen LogP contribution in [0.25, 0.3) is 66.6 Å². The normalized spacial score (nSPS) is 11.2. The van der Waals surface area contributed by atoms with Crippen LogP contribution >= 0.6 is 0 Å². The fraction of sp³-hybridized carbons (Fsp3) is 0. The number of aromatic nitrogens is 3. The summed E-state index contributed by atoms with van der Waals surface area (Å²) >= 11 is 0. The smallest absolute Gasteiger partial charge is 0.160 e. The maximum atomic E-state index is 5.23. The van der Waals surface area contributed by atoms with Crippen molar-refractivity contribution in [3.8, 4) is 44.9 Å². The van der Waals surface area contributed by atoms with Gasteiger partial charge in [-0.3, -0.25) is 4.98 Å². The van der Waals surface area contributed by atoms with Crippen molar-refractivity contribution in [3.05, 3.63) is 140 Å². The summed E-state index contributed by atoms with van der Waals surface area (Å²) in [5.74, 6) is 0.703. The van der Waals surface area contributed by atoms with Crippen LogP contribution in [-0.4, -0.2) is 15.0 Å². The molecule has 0 N–H and O–H groups in total. The molecule has 0 aliphatic rings. The van der Waals surface area contributed by atoms with Gasteiger partial charge >= 0.3 is 0 Å². The van der Waals surface area contributed by atoms with Crippen molar-refractivity contribution in [2.24, 2.45) is 0 Å². The average molecular weight is 486 g/mol. The Balaban J connectivity index is 1.52. The molecule has 7 aromatic rings. The zero-order valence-electron chi connectivity index (χ0n) is 20.6. The number of rotatable bonds is 4. The highest BCUT2D eigenvalue weighted by atomic mass is 14.9. The highest BCUT2D eigenvalue weighted by Gasteiger charge is 2.16. The van der Waals surface area contributed by atoms with E-state index in [2.05, 4.69) is 114 Å². The Morgan fingerprint density at radius 2 is 1.11 bits per heavy atom. The summed E-state index contributed by atoms with van der Waals surface area (Å²) in [6, 6.07) is 44.2. The molecule has 38 heavy (non-hydrogen) atoms. The molecule has 0 aliphatic carbocycles. The molecule has 0 amide bonds. The molecule has 0 saturated heterocycles. The van der Waals surface area contributed by atoms with Gasteiger partial charge in [0.1, 0.15) is 0 Å². The fourth-order valence-electron chi connectivity index (χ4n) is 5.09. The first-order chi connectivity index (χ1) is 18.8. The van der Waals surface area contributed by atoms with Crippen LogP contribution in [0.3, 0.4) is 0 Å². The van der Waals surface area contributed by atoms with Gasteiger partial charge in [0.2, 0.25) is 0 Å². The first kappa shape index (κ1) is 22.1. The van der Waals surface area contributed by atoms with E-state index in [-0.39, 0.29) is 0 Å². The minimum absolute atomic E-state index is 0.703. The summed E-state index contributed by atoms with van der Waals surface area (Å²) in [6.45, 7) is 0. The Bertz CT molecular complexity index is 1840. The zero-order valence-corrected chi connectivity index (χ0v) is 20.6. The second-order valence-electron chi connectivity index (χ2n) is 9.35. The summed E-state index contributed by atoms with van der Waals surface area (Å²) in [7, 11) is 0. The van der Waals surface area contributed by atoms with Crippen LogP contribution in [-0.2, 0) is 0 Å². The predicted molar refractivity (Wildman–Crippen MR) is 157 cm³/mol. The van der Waals surface area contributed by atoms with Crippen LogP contribution in [0, 0.1) is 0 Å². The lowest BCUT2D eigenvalue weighted by Gasteiger charge is -2.14. The Morgan fingerprint density at radius 3 is 1.87 bits per heavy atom. The van der Waals surface area contributed by atoms with Gasteiger partial charge in [-0.2, -0.15) is 0 Å². The van der Waals surface area contributed by atoms with Gasteiger partial charge in [-0.25, -0.2) is 9.97 Å². The van der Waals surface area contributed by atoms with E-state index in [0.717, 1.165) is 55.4 Å². The summed E-state index contributed by atoms with van der Waals surface area (Å²) < 4.78 is 0. The van der Waals surface area contributed by atoms with Crippen molar-refractivity contribution < 1.29 is 0 Å². The maximum absolute atomic E-state index is 5.23. The highest BCUT2D eigenvalue weighted by Crippen LogP contribution is 2.36. The number of hydrogen-bond acceptors (Lipinski definition) is 3. The molecule has 0 spiro atoms. The van der Waals surface area contributed by atoms with Crippen LogP contribution in [0.4, 0.5) is 0 Å². The number of pyridine rings is 1. The van der Waals surface area contributed by atoms with Gasteiger partial charge in [0.25, 0.3) is 0 Å². The summed E-state index contributed by atoms with van der Waals surface area (Å²) in [5.41, 5.74) is 8.32. The molecule has 7 rings (SSSR count). The molecule has 0 saturated carbocycles. The monoisotopic (exact) mass is 485 g/mol. The molecule has 0 fully saturated rings. The molecule has 3 nitrogen and oxygen atoms in total. The second kappa shape index (κ2) is 9.38.